The second kappa shape index (κ2) is 7.46. The third kappa shape index (κ3) is 5.25. The summed E-state index contributed by atoms with van der Waals surface area (Å²) in [5, 5.41) is 13.1. The van der Waals surface area contributed by atoms with E-state index in [9.17, 15) is 5.11 Å². The third-order valence-corrected chi connectivity index (χ3v) is 4.12. The van der Waals surface area contributed by atoms with Crippen LogP contribution >= 0.6 is 0 Å². The topological polar surface area (TPSA) is 35.5 Å². The number of hydrogen-bond donors (Lipinski definition) is 2. The number of nitrogens with one attached hydrogen (secondary N) is 1. The maximum atomic E-state index is 9.63. The lowest BCUT2D eigenvalue weighted by Crippen LogP contribution is -2.51. The van der Waals surface area contributed by atoms with Gasteiger partial charge in [0, 0.05) is 18.1 Å². The zero-order chi connectivity index (χ0) is 13.6. The van der Waals surface area contributed by atoms with Gasteiger partial charge < -0.3 is 15.3 Å². The highest BCUT2D eigenvalue weighted by molar-refractivity contribution is 4.88. The number of aliphatic hydroxyl groups is 1. The fourth-order valence-electron chi connectivity index (χ4n) is 2.65. The van der Waals surface area contributed by atoms with Crippen molar-refractivity contribution >= 4 is 0 Å². The Labute approximate surface area is 113 Å². The highest BCUT2D eigenvalue weighted by Crippen LogP contribution is 2.31. The molecule has 3 heteroatoms. The van der Waals surface area contributed by atoms with Crippen molar-refractivity contribution in [2.45, 2.75) is 65.0 Å². The van der Waals surface area contributed by atoms with Crippen LogP contribution in [0.15, 0.2) is 0 Å². The molecule has 2 atom stereocenters. The molecule has 2 unspecified atom stereocenters. The van der Waals surface area contributed by atoms with Crippen LogP contribution in [0.2, 0.25) is 0 Å². The van der Waals surface area contributed by atoms with Crippen molar-refractivity contribution in [1.82, 2.24) is 10.2 Å². The minimum atomic E-state index is -0.133. The summed E-state index contributed by atoms with van der Waals surface area (Å²) in [6.07, 6.45) is 4.96. The molecule has 0 spiro atoms. The maximum absolute atomic E-state index is 9.63. The Morgan fingerprint density at radius 2 is 2.06 bits per heavy atom. The first-order chi connectivity index (χ1) is 8.54. The van der Waals surface area contributed by atoms with Crippen LogP contribution in [0.25, 0.3) is 0 Å². The van der Waals surface area contributed by atoms with Crippen LogP contribution in [-0.2, 0) is 0 Å². The molecule has 3 nitrogen and oxygen atoms in total. The standard InChI is InChI=1S/C15H32N2O/c1-5-9-16-15(4,12-18)10-13(3)17(6-2)11-14-7-8-14/h13-14,16,18H,5-12H2,1-4H3. The van der Waals surface area contributed by atoms with Gasteiger partial charge in [0.2, 0.25) is 0 Å². The molecule has 0 aliphatic heterocycles. The molecule has 0 bridgehead atoms. The Balaban J connectivity index is 2.44. The molecular weight excluding hydrogens is 224 g/mol. The second-order valence-corrected chi connectivity index (χ2v) is 6.23. The molecule has 108 valence electrons. The third-order valence-electron chi connectivity index (χ3n) is 4.12. The monoisotopic (exact) mass is 256 g/mol. The van der Waals surface area contributed by atoms with E-state index in [1.807, 2.05) is 0 Å². The summed E-state index contributed by atoms with van der Waals surface area (Å²) in [7, 11) is 0. The van der Waals surface area contributed by atoms with Gasteiger partial charge in [-0.15, -0.1) is 0 Å². The lowest BCUT2D eigenvalue weighted by molar-refractivity contribution is 0.114. The van der Waals surface area contributed by atoms with Crippen molar-refractivity contribution in [3.63, 3.8) is 0 Å². The number of hydrogen-bond acceptors (Lipinski definition) is 3. The number of nitrogens with zero attached hydrogens (tertiary/aromatic N) is 1. The summed E-state index contributed by atoms with van der Waals surface area (Å²) in [5.41, 5.74) is -0.133. The molecule has 2 N–H and O–H groups in total. The van der Waals surface area contributed by atoms with Gasteiger partial charge in [-0.25, -0.2) is 0 Å². The van der Waals surface area contributed by atoms with Gasteiger partial charge in [0.1, 0.15) is 0 Å². The predicted octanol–water partition coefficient (Wildman–Crippen LogP) is 2.25. The zero-order valence-electron chi connectivity index (χ0n) is 12.7. The zero-order valence-corrected chi connectivity index (χ0v) is 12.7. The van der Waals surface area contributed by atoms with E-state index in [0.29, 0.717) is 6.04 Å². The fraction of sp³-hybridized carbons (Fsp3) is 1.00. The van der Waals surface area contributed by atoms with Gasteiger partial charge in [0.05, 0.1) is 6.61 Å². The molecule has 1 rings (SSSR count). The highest BCUT2D eigenvalue weighted by atomic mass is 16.3. The van der Waals surface area contributed by atoms with Crippen LogP contribution < -0.4 is 5.32 Å². The number of aliphatic hydroxyl groups excluding tert-OH is 1. The highest BCUT2D eigenvalue weighted by Gasteiger charge is 2.30. The average Bonchev–Trinajstić information content (AvgIpc) is 3.17. The van der Waals surface area contributed by atoms with Crippen molar-refractivity contribution in [1.29, 1.82) is 0 Å². The smallest absolute Gasteiger partial charge is 0.0611 e. The molecule has 1 aliphatic carbocycles. The number of rotatable bonds is 10. The van der Waals surface area contributed by atoms with Crippen molar-refractivity contribution in [3.05, 3.63) is 0 Å². The molecule has 0 aromatic heterocycles. The molecule has 0 saturated heterocycles. The van der Waals surface area contributed by atoms with Crippen molar-refractivity contribution in [3.8, 4) is 0 Å². The molecular formula is C15H32N2O. The molecule has 1 saturated carbocycles. The van der Waals surface area contributed by atoms with Crippen LogP contribution in [0.4, 0.5) is 0 Å². The first-order valence-corrected chi connectivity index (χ1v) is 7.64. The Hall–Kier alpha value is -0.120. The van der Waals surface area contributed by atoms with E-state index in [2.05, 4.69) is 37.9 Å². The van der Waals surface area contributed by atoms with Gasteiger partial charge in [-0.1, -0.05) is 13.8 Å². The lowest BCUT2D eigenvalue weighted by atomic mass is 9.93. The second-order valence-electron chi connectivity index (χ2n) is 6.23. The van der Waals surface area contributed by atoms with E-state index in [0.717, 1.165) is 31.8 Å². The Bertz CT molecular complexity index is 231. The van der Waals surface area contributed by atoms with Crippen molar-refractivity contribution in [2.75, 3.05) is 26.2 Å². The predicted molar refractivity (Wildman–Crippen MR) is 77.8 cm³/mol. The van der Waals surface area contributed by atoms with E-state index in [1.54, 1.807) is 0 Å². The van der Waals surface area contributed by atoms with E-state index in [-0.39, 0.29) is 12.1 Å². The van der Waals surface area contributed by atoms with Crippen LogP contribution in [0, 0.1) is 5.92 Å². The molecule has 0 radical (unpaired) electrons. The van der Waals surface area contributed by atoms with Crippen LogP contribution in [0.3, 0.4) is 0 Å². The fourth-order valence-corrected chi connectivity index (χ4v) is 2.65. The SMILES string of the molecule is CCCNC(C)(CO)CC(C)N(CC)CC1CC1. The minimum Gasteiger partial charge on any atom is -0.394 e. The molecule has 0 aromatic carbocycles. The van der Waals surface area contributed by atoms with Gasteiger partial charge in [0.15, 0.2) is 0 Å². The normalized spacial score (nSPS) is 21.0. The first-order valence-electron chi connectivity index (χ1n) is 7.64. The molecule has 0 aromatic rings. The van der Waals surface area contributed by atoms with Gasteiger partial charge in [-0.3, -0.25) is 0 Å². The average molecular weight is 256 g/mol. The van der Waals surface area contributed by atoms with Crippen LogP contribution in [0.5, 0.6) is 0 Å². The summed E-state index contributed by atoms with van der Waals surface area (Å²) < 4.78 is 0. The Kier molecular flexibility index (Phi) is 6.61. The largest absolute Gasteiger partial charge is 0.394 e. The van der Waals surface area contributed by atoms with E-state index in [1.165, 1.54) is 19.4 Å². The minimum absolute atomic E-state index is 0.133. The van der Waals surface area contributed by atoms with Gasteiger partial charge >= 0.3 is 0 Å². The van der Waals surface area contributed by atoms with Crippen molar-refractivity contribution in [2.24, 2.45) is 5.92 Å². The van der Waals surface area contributed by atoms with Gasteiger partial charge in [0.25, 0.3) is 0 Å². The van der Waals surface area contributed by atoms with Crippen LogP contribution in [-0.4, -0.2) is 47.8 Å². The summed E-state index contributed by atoms with van der Waals surface area (Å²) in [6, 6.07) is 0.539. The summed E-state index contributed by atoms with van der Waals surface area (Å²) in [5.74, 6) is 0.941. The Morgan fingerprint density at radius 3 is 2.50 bits per heavy atom. The Morgan fingerprint density at radius 1 is 1.39 bits per heavy atom. The first kappa shape index (κ1) is 15.9. The van der Waals surface area contributed by atoms with Crippen molar-refractivity contribution < 1.29 is 5.11 Å². The molecule has 0 amide bonds. The summed E-state index contributed by atoms with van der Waals surface area (Å²) in [4.78, 5) is 2.57. The van der Waals surface area contributed by atoms with E-state index in [4.69, 9.17) is 0 Å². The van der Waals surface area contributed by atoms with Gasteiger partial charge in [-0.05, 0) is 58.5 Å². The van der Waals surface area contributed by atoms with Gasteiger partial charge in [-0.2, -0.15) is 0 Å². The molecule has 0 heterocycles. The van der Waals surface area contributed by atoms with E-state index >= 15 is 0 Å². The van der Waals surface area contributed by atoms with E-state index < -0.39 is 0 Å². The molecule has 1 aliphatic rings. The summed E-state index contributed by atoms with van der Waals surface area (Å²) in [6.45, 7) is 12.4. The maximum Gasteiger partial charge on any atom is 0.0611 e. The van der Waals surface area contributed by atoms with Crippen LogP contribution in [0.1, 0.15) is 53.4 Å². The molecule has 18 heavy (non-hydrogen) atoms. The lowest BCUT2D eigenvalue weighted by Gasteiger charge is -2.36. The summed E-state index contributed by atoms with van der Waals surface area (Å²) >= 11 is 0. The molecule has 1 fully saturated rings. The quantitative estimate of drug-likeness (QED) is 0.629.